The quantitative estimate of drug-likeness (QED) is 0.841. The molecule has 0 aromatic carbocycles. The van der Waals surface area contributed by atoms with E-state index in [0.29, 0.717) is 0 Å². The van der Waals surface area contributed by atoms with E-state index in [1.54, 1.807) is 12.4 Å². The van der Waals surface area contributed by atoms with E-state index in [9.17, 15) is 0 Å². The number of fused-ring (bicyclic) bond motifs is 1. The minimum Gasteiger partial charge on any atom is -0.487 e. The molecule has 1 atom stereocenters. The molecule has 2 aliphatic rings. The zero-order chi connectivity index (χ0) is 17.9. The third-order valence-electron chi connectivity index (χ3n) is 5.30. The monoisotopic (exact) mass is 354 g/mol. The van der Waals surface area contributed by atoms with Crippen molar-refractivity contribution in [1.29, 1.82) is 0 Å². The number of aryl methyl sites for hydroxylation is 2. The van der Waals surface area contributed by atoms with Crippen molar-refractivity contribution in [3.05, 3.63) is 41.6 Å². The Labute approximate surface area is 154 Å². The van der Waals surface area contributed by atoms with Gasteiger partial charge in [0.05, 0.1) is 24.7 Å². The van der Waals surface area contributed by atoms with Crippen molar-refractivity contribution in [3.63, 3.8) is 0 Å². The molecular weight excluding hydrogens is 328 g/mol. The summed E-state index contributed by atoms with van der Waals surface area (Å²) in [6, 6.07) is 4.62. The van der Waals surface area contributed by atoms with Crippen LogP contribution in [0.5, 0.6) is 11.6 Å². The number of hydrogen-bond acceptors (Lipinski definition) is 6. The highest BCUT2D eigenvalue weighted by molar-refractivity contribution is 5.30. The second kappa shape index (κ2) is 7.58. The van der Waals surface area contributed by atoms with Gasteiger partial charge in [0, 0.05) is 24.7 Å². The highest BCUT2D eigenvalue weighted by atomic mass is 16.5. The fraction of sp³-hybridized carbons (Fsp3) is 0.550. The Hall–Kier alpha value is -2.21. The normalized spacial score (nSPS) is 19.5. The van der Waals surface area contributed by atoms with Crippen molar-refractivity contribution < 1.29 is 9.47 Å². The third-order valence-corrected chi connectivity index (χ3v) is 5.30. The maximum absolute atomic E-state index is 6.03. The second-order valence-electron chi connectivity index (χ2n) is 7.15. The molecule has 0 amide bonds. The lowest BCUT2D eigenvalue weighted by Gasteiger charge is -2.36. The van der Waals surface area contributed by atoms with Gasteiger partial charge in [0.2, 0.25) is 5.88 Å². The van der Waals surface area contributed by atoms with Gasteiger partial charge in [-0.25, -0.2) is 15.0 Å². The average Bonchev–Trinajstić information content (AvgIpc) is 2.69. The number of aromatic nitrogens is 3. The third kappa shape index (κ3) is 3.80. The maximum atomic E-state index is 6.03. The van der Waals surface area contributed by atoms with Crippen LogP contribution in [0.2, 0.25) is 0 Å². The van der Waals surface area contributed by atoms with Crippen LogP contribution in [0.15, 0.2) is 24.5 Å². The summed E-state index contributed by atoms with van der Waals surface area (Å²) in [5.41, 5.74) is 2.33. The fourth-order valence-electron chi connectivity index (χ4n) is 3.66. The van der Waals surface area contributed by atoms with Gasteiger partial charge in [-0.2, -0.15) is 0 Å². The van der Waals surface area contributed by atoms with E-state index >= 15 is 0 Å². The first-order valence-corrected chi connectivity index (χ1v) is 9.51. The lowest BCUT2D eigenvalue weighted by molar-refractivity contribution is 0.0778. The van der Waals surface area contributed by atoms with Crippen LogP contribution in [0.3, 0.4) is 0 Å². The summed E-state index contributed by atoms with van der Waals surface area (Å²) in [6.07, 6.45) is 7.90. The molecule has 1 fully saturated rings. The summed E-state index contributed by atoms with van der Waals surface area (Å²) in [6.45, 7) is 6.88. The number of nitrogens with zero attached hydrogens (tertiary/aromatic N) is 4. The predicted octanol–water partition coefficient (Wildman–Crippen LogP) is 3.11. The molecule has 0 spiro atoms. The topological polar surface area (TPSA) is 60.4 Å². The van der Waals surface area contributed by atoms with Crippen LogP contribution in [0, 0.1) is 6.92 Å². The molecule has 4 heterocycles. The van der Waals surface area contributed by atoms with E-state index < -0.39 is 0 Å². The lowest BCUT2D eigenvalue weighted by Crippen LogP contribution is -2.39. The van der Waals surface area contributed by atoms with Gasteiger partial charge in [0.15, 0.2) is 5.75 Å². The van der Waals surface area contributed by atoms with Gasteiger partial charge in [0.1, 0.15) is 11.9 Å². The van der Waals surface area contributed by atoms with E-state index in [-0.39, 0.29) is 12.1 Å². The summed E-state index contributed by atoms with van der Waals surface area (Å²) in [5.74, 6) is 2.36. The molecule has 2 aliphatic heterocycles. The Morgan fingerprint density at radius 1 is 1.19 bits per heavy atom. The highest BCUT2D eigenvalue weighted by Crippen LogP contribution is 2.29. The molecule has 1 saturated heterocycles. The molecule has 0 N–H and O–H groups in total. The van der Waals surface area contributed by atoms with Crippen LogP contribution < -0.4 is 9.47 Å². The number of rotatable bonds is 4. The number of likely N-dealkylation sites (tertiary alicyclic amines) is 1. The van der Waals surface area contributed by atoms with Gasteiger partial charge in [-0.3, -0.25) is 4.90 Å². The predicted molar refractivity (Wildman–Crippen MR) is 98.5 cm³/mol. The molecule has 1 unspecified atom stereocenters. The van der Waals surface area contributed by atoms with Crippen LogP contribution in [-0.2, 0) is 6.42 Å². The standard InChI is InChI=1S/C20H26N4O2/c1-14(19-6-5-16-4-3-11-25-20(16)23-19)24-9-7-17(8-10-24)26-18-12-21-15(2)22-13-18/h5-6,12-14,17H,3-4,7-11H2,1-2H3. The van der Waals surface area contributed by atoms with Crippen molar-refractivity contribution in [2.24, 2.45) is 0 Å². The molecule has 6 heteroatoms. The molecule has 138 valence electrons. The Bertz CT molecular complexity index is 742. The van der Waals surface area contributed by atoms with E-state index in [4.69, 9.17) is 14.5 Å². The molecule has 26 heavy (non-hydrogen) atoms. The van der Waals surface area contributed by atoms with E-state index in [0.717, 1.165) is 68.5 Å². The number of ether oxygens (including phenoxy) is 2. The van der Waals surface area contributed by atoms with Crippen LogP contribution >= 0.6 is 0 Å². The van der Waals surface area contributed by atoms with E-state index in [2.05, 4.69) is 33.9 Å². The van der Waals surface area contributed by atoms with Gasteiger partial charge in [-0.1, -0.05) is 6.07 Å². The lowest BCUT2D eigenvalue weighted by atomic mass is 10.0. The molecule has 0 radical (unpaired) electrons. The van der Waals surface area contributed by atoms with Crippen molar-refractivity contribution >= 4 is 0 Å². The Balaban J connectivity index is 1.34. The van der Waals surface area contributed by atoms with Gasteiger partial charge < -0.3 is 9.47 Å². The molecule has 4 rings (SSSR count). The molecule has 6 nitrogen and oxygen atoms in total. The van der Waals surface area contributed by atoms with Crippen LogP contribution in [-0.4, -0.2) is 45.7 Å². The van der Waals surface area contributed by atoms with Gasteiger partial charge in [-0.05, 0) is 45.6 Å². The molecular formula is C20H26N4O2. The highest BCUT2D eigenvalue weighted by Gasteiger charge is 2.26. The van der Waals surface area contributed by atoms with Crippen molar-refractivity contribution in [3.8, 4) is 11.6 Å². The van der Waals surface area contributed by atoms with E-state index in [1.807, 2.05) is 6.92 Å². The average molecular weight is 354 g/mol. The van der Waals surface area contributed by atoms with Crippen LogP contribution in [0.25, 0.3) is 0 Å². The fourth-order valence-corrected chi connectivity index (χ4v) is 3.66. The van der Waals surface area contributed by atoms with Crippen molar-refractivity contribution in [2.75, 3.05) is 19.7 Å². The molecule has 2 aromatic rings. The summed E-state index contributed by atoms with van der Waals surface area (Å²) in [4.78, 5) is 15.6. The summed E-state index contributed by atoms with van der Waals surface area (Å²) < 4.78 is 11.8. The minimum atomic E-state index is 0.226. The Morgan fingerprint density at radius 3 is 2.73 bits per heavy atom. The van der Waals surface area contributed by atoms with Crippen LogP contribution in [0.1, 0.15) is 49.3 Å². The molecule has 0 saturated carbocycles. The summed E-state index contributed by atoms with van der Waals surface area (Å²) in [7, 11) is 0. The number of hydrogen-bond donors (Lipinski definition) is 0. The van der Waals surface area contributed by atoms with E-state index in [1.165, 1.54) is 5.56 Å². The summed E-state index contributed by atoms with van der Waals surface area (Å²) >= 11 is 0. The molecule has 2 aromatic heterocycles. The SMILES string of the molecule is Cc1ncc(OC2CCN(C(C)c3ccc4c(n3)OCCC4)CC2)cn1. The first-order chi connectivity index (χ1) is 12.7. The minimum absolute atomic E-state index is 0.226. The maximum Gasteiger partial charge on any atom is 0.216 e. The smallest absolute Gasteiger partial charge is 0.216 e. The number of piperidine rings is 1. The first-order valence-electron chi connectivity index (χ1n) is 9.51. The zero-order valence-electron chi connectivity index (χ0n) is 15.5. The Morgan fingerprint density at radius 2 is 1.96 bits per heavy atom. The second-order valence-corrected chi connectivity index (χ2v) is 7.15. The van der Waals surface area contributed by atoms with Crippen molar-refractivity contribution in [1.82, 2.24) is 19.9 Å². The van der Waals surface area contributed by atoms with Gasteiger partial charge in [0.25, 0.3) is 0 Å². The Kier molecular flexibility index (Phi) is 5.02. The van der Waals surface area contributed by atoms with Gasteiger partial charge in [-0.15, -0.1) is 0 Å². The van der Waals surface area contributed by atoms with Gasteiger partial charge >= 0.3 is 0 Å². The first kappa shape index (κ1) is 17.2. The molecule has 0 bridgehead atoms. The molecule has 0 aliphatic carbocycles. The van der Waals surface area contributed by atoms with Crippen molar-refractivity contribution in [2.45, 2.75) is 51.7 Å². The number of pyridine rings is 1. The summed E-state index contributed by atoms with van der Waals surface area (Å²) in [5, 5.41) is 0. The largest absolute Gasteiger partial charge is 0.487 e. The zero-order valence-corrected chi connectivity index (χ0v) is 15.5. The van der Waals surface area contributed by atoms with Crippen LogP contribution in [0.4, 0.5) is 0 Å².